The largest absolute Gasteiger partial charge is 0.309 e. The van der Waals surface area contributed by atoms with E-state index in [1.807, 2.05) is 12.4 Å². The van der Waals surface area contributed by atoms with Crippen molar-refractivity contribution in [2.75, 3.05) is 0 Å². The molecule has 0 saturated heterocycles. The number of hydrogen-bond donors (Lipinski definition) is 0. The van der Waals surface area contributed by atoms with Gasteiger partial charge in [-0.2, -0.15) is 0 Å². The van der Waals surface area contributed by atoms with Crippen LogP contribution in [0.1, 0.15) is 5.56 Å². The second kappa shape index (κ2) is 11.0. The fourth-order valence-corrected chi connectivity index (χ4v) is 8.66. The third-order valence-corrected chi connectivity index (χ3v) is 10.8. The van der Waals surface area contributed by atoms with E-state index in [0.29, 0.717) is 0 Å². The first-order valence-corrected chi connectivity index (χ1v) is 17.8. The van der Waals surface area contributed by atoms with E-state index in [1.54, 1.807) is 0 Å². The van der Waals surface area contributed by atoms with Crippen LogP contribution in [0, 0.1) is 6.92 Å². The molecule has 7 aromatic carbocycles. The van der Waals surface area contributed by atoms with E-state index >= 15 is 0 Å². The molecular formula is C48H32N4. The van der Waals surface area contributed by atoms with Gasteiger partial charge in [0.25, 0.3) is 0 Å². The molecule has 0 fully saturated rings. The lowest BCUT2D eigenvalue weighted by Crippen LogP contribution is -1.96. The molecule has 4 nitrogen and oxygen atoms in total. The number of aromatic nitrogens is 4. The van der Waals surface area contributed by atoms with Crippen LogP contribution < -0.4 is 0 Å². The van der Waals surface area contributed by atoms with Crippen molar-refractivity contribution in [3.63, 3.8) is 0 Å². The number of nitrogens with zero attached hydrogens (tertiary/aromatic N) is 4. The minimum atomic E-state index is 1.10. The van der Waals surface area contributed by atoms with Gasteiger partial charge < -0.3 is 13.7 Å². The maximum Gasteiger partial charge on any atom is 0.0724 e. The summed E-state index contributed by atoms with van der Waals surface area (Å²) < 4.78 is 7.18. The maximum atomic E-state index is 4.54. The normalized spacial score (nSPS) is 11.9. The fraction of sp³-hybridized carbons (Fsp3) is 0.0208. The minimum absolute atomic E-state index is 1.10. The Morgan fingerprint density at radius 3 is 1.60 bits per heavy atom. The Morgan fingerprint density at radius 2 is 0.904 bits per heavy atom. The van der Waals surface area contributed by atoms with Crippen molar-refractivity contribution in [3.05, 3.63) is 182 Å². The first-order valence-electron chi connectivity index (χ1n) is 17.8. The van der Waals surface area contributed by atoms with E-state index in [4.69, 9.17) is 0 Å². The third-order valence-electron chi connectivity index (χ3n) is 10.8. The number of aryl methyl sites for hydroxylation is 1. The van der Waals surface area contributed by atoms with Gasteiger partial charge in [0, 0.05) is 55.6 Å². The summed E-state index contributed by atoms with van der Waals surface area (Å²) in [6.07, 6.45) is 3.89. The van der Waals surface area contributed by atoms with E-state index < -0.39 is 0 Å². The molecule has 0 amide bonds. The van der Waals surface area contributed by atoms with Crippen molar-refractivity contribution in [2.24, 2.45) is 0 Å². The summed E-state index contributed by atoms with van der Waals surface area (Å²) in [5, 5.41) is 7.41. The summed E-state index contributed by atoms with van der Waals surface area (Å²) in [4.78, 5) is 4.54. The first kappa shape index (κ1) is 28.9. The van der Waals surface area contributed by atoms with Crippen molar-refractivity contribution in [1.29, 1.82) is 0 Å². The summed E-state index contributed by atoms with van der Waals surface area (Å²) in [6, 6.07) is 59.6. The van der Waals surface area contributed by atoms with Gasteiger partial charge in [-0.25, -0.2) is 0 Å². The SMILES string of the molecule is Cc1cccc(-n2c3ccc(-n4c5ccccc5c5c(-c6cccc7c6c6ccccc6n7-c6ccccc6)cccc54)cc3c3ccncc32)c1. The van der Waals surface area contributed by atoms with Crippen LogP contribution in [-0.2, 0) is 0 Å². The molecule has 0 atom stereocenters. The van der Waals surface area contributed by atoms with Crippen LogP contribution >= 0.6 is 0 Å². The Labute approximate surface area is 300 Å². The van der Waals surface area contributed by atoms with Gasteiger partial charge in [-0.15, -0.1) is 0 Å². The van der Waals surface area contributed by atoms with E-state index in [2.05, 4.69) is 189 Å². The molecule has 0 spiro atoms. The lowest BCUT2D eigenvalue weighted by Gasteiger charge is -2.12. The molecule has 244 valence electrons. The van der Waals surface area contributed by atoms with Crippen LogP contribution in [0.5, 0.6) is 0 Å². The molecule has 11 aromatic rings. The molecule has 0 saturated carbocycles. The molecule has 0 bridgehead atoms. The Balaban J connectivity index is 1.20. The zero-order valence-electron chi connectivity index (χ0n) is 28.5. The predicted octanol–water partition coefficient (Wildman–Crippen LogP) is 12.3. The molecule has 11 rings (SSSR count). The molecule has 4 aromatic heterocycles. The monoisotopic (exact) mass is 664 g/mol. The van der Waals surface area contributed by atoms with Gasteiger partial charge in [-0.3, -0.25) is 4.98 Å². The molecule has 0 aliphatic rings. The standard InChI is InChI=1S/C48H32N4/c1-31-12-9-15-33(28-31)52-43-25-24-34(29-40(43)35-26-27-49-30-46(35)52)51-42-21-8-6-17-39(42)48-37(19-11-23-45(48)51)36-18-10-22-44-47(36)38-16-5-7-20-41(38)50(44)32-13-3-2-4-14-32/h2-30H,1H3. The highest BCUT2D eigenvalue weighted by atomic mass is 15.0. The molecule has 4 heterocycles. The highest BCUT2D eigenvalue weighted by Gasteiger charge is 2.21. The maximum absolute atomic E-state index is 4.54. The Morgan fingerprint density at radius 1 is 0.365 bits per heavy atom. The van der Waals surface area contributed by atoms with Gasteiger partial charge in [-0.05, 0) is 96.4 Å². The summed E-state index contributed by atoms with van der Waals surface area (Å²) >= 11 is 0. The van der Waals surface area contributed by atoms with Gasteiger partial charge in [0.1, 0.15) is 0 Å². The summed E-state index contributed by atoms with van der Waals surface area (Å²) in [6.45, 7) is 2.14. The molecule has 0 radical (unpaired) electrons. The molecular weight excluding hydrogens is 633 g/mol. The quantitative estimate of drug-likeness (QED) is 0.184. The van der Waals surface area contributed by atoms with Gasteiger partial charge >= 0.3 is 0 Å². The van der Waals surface area contributed by atoms with Crippen LogP contribution in [0.25, 0.3) is 93.6 Å². The van der Waals surface area contributed by atoms with Crippen molar-refractivity contribution >= 4 is 65.4 Å². The van der Waals surface area contributed by atoms with Gasteiger partial charge in [-0.1, -0.05) is 91.0 Å². The Kier molecular flexibility index (Phi) is 6.13. The number of fused-ring (bicyclic) bond motifs is 9. The van der Waals surface area contributed by atoms with Crippen molar-refractivity contribution in [3.8, 4) is 28.2 Å². The first-order chi connectivity index (χ1) is 25.7. The average molecular weight is 665 g/mol. The van der Waals surface area contributed by atoms with Crippen molar-refractivity contribution < 1.29 is 0 Å². The topological polar surface area (TPSA) is 27.7 Å². The van der Waals surface area contributed by atoms with Crippen molar-refractivity contribution in [1.82, 2.24) is 18.7 Å². The fourth-order valence-electron chi connectivity index (χ4n) is 8.66. The zero-order chi connectivity index (χ0) is 34.3. The van der Waals surface area contributed by atoms with Gasteiger partial charge in [0.15, 0.2) is 0 Å². The Hall–Kier alpha value is -6.91. The third kappa shape index (κ3) is 4.06. The van der Waals surface area contributed by atoms with E-state index in [-0.39, 0.29) is 0 Å². The predicted molar refractivity (Wildman–Crippen MR) is 217 cm³/mol. The lowest BCUT2D eigenvalue weighted by molar-refractivity contribution is 1.15. The number of para-hydroxylation sites is 3. The molecule has 0 aliphatic heterocycles. The number of benzene rings is 7. The van der Waals surface area contributed by atoms with Crippen LogP contribution in [0.3, 0.4) is 0 Å². The van der Waals surface area contributed by atoms with Crippen LogP contribution in [0.2, 0.25) is 0 Å². The smallest absolute Gasteiger partial charge is 0.0724 e. The summed E-state index contributed by atoms with van der Waals surface area (Å²) in [7, 11) is 0. The minimum Gasteiger partial charge on any atom is -0.309 e. The van der Waals surface area contributed by atoms with E-state index in [9.17, 15) is 0 Å². The average Bonchev–Trinajstić information content (AvgIpc) is 3.84. The zero-order valence-corrected chi connectivity index (χ0v) is 28.5. The second-order valence-electron chi connectivity index (χ2n) is 13.7. The molecule has 0 N–H and O–H groups in total. The molecule has 4 heteroatoms. The lowest BCUT2D eigenvalue weighted by atomic mass is 9.95. The molecule has 0 aliphatic carbocycles. The van der Waals surface area contributed by atoms with Crippen molar-refractivity contribution in [2.45, 2.75) is 6.92 Å². The van der Waals surface area contributed by atoms with Crippen LogP contribution in [-0.4, -0.2) is 18.7 Å². The second-order valence-corrected chi connectivity index (χ2v) is 13.7. The highest BCUT2D eigenvalue weighted by molar-refractivity contribution is 6.22. The number of pyridine rings is 1. The molecule has 0 unspecified atom stereocenters. The van der Waals surface area contributed by atoms with Gasteiger partial charge in [0.05, 0.1) is 39.3 Å². The highest BCUT2D eigenvalue weighted by Crippen LogP contribution is 2.44. The summed E-state index contributed by atoms with van der Waals surface area (Å²) in [5.41, 5.74) is 14.2. The van der Waals surface area contributed by atoms with Crippen LogP contribution in [0.15, 0.2) is 176 Å². The number of hydrogen-bond acceptors (Lipinski definition) is 1. The van der Waals surface area contributed by atoms with Gasteiger partial charge in [0.2, 0.25) is 0 Å². The van der Waals surface area contributed by atoms with Crippen LogP contribution in [0.4, 0.5) is 0 Å². The molecule has 52 heavy (non-hydrogen) atoms. The van der Waals surface area contributed by atoms with E-state index in [1.165, 1.54) is 76.6 Å². The Bertz CT molecular complexity index is 3190. The van der Waals surface area contributed by atoms with E-state index in [0.717, 1.165) is 22.6 Å². The summed E-state index contributed by atoms with van der Waals surface area (Å²) in [5.74, 6) is 0. The number of rotatable bonds is 4.